The lowest BCUT2D eigenvalue weighted by Gasteiger charge is -2.38. The van der Waals surface area contributed by atoms with Crippen molar-refractivity contribution >= 4 is 52.9 Å². The SMILES string of the molecule is COC(=O)Nc1ccc(-c2nc([C@H](CC(=O)N3CCCC(C)(C)C3)NC(=O)C=Cc3cc(Cl)ccc3-n3cnnn3)[nH]c2Cl)cc1. The Morgan fingerprint density at radius 1 is 1.15 bits per heavy atom. The van der Waals surface area contributed by atoms with Gasteiger partial charge in [0.1, 0.15) is 23.0 Å². The fourth-order valence-corrected chi connectivity index (χ4v) is 5.71. The van der Waals surface area contributed by atoms with E-state index in [-0.39, 0.29) is 22.9 Å². The number of anilines is 1. The Labute approximate surface area is 275 Å². The summed E-state index contributed by atoms with van der Waals surface area (Å²) in [4.78, 5) is 48.0. The minimum atomic E-state index is -0.820. The molecule has 2 aromatic heterocycles. The molecule has 4 aromatic rings. The van der Waals surface area contributed by atoms with Gasteiger partial charge in [0.05, 0.1) is 25.3 Å². The first-order chi connectivity index (χ1) is 22.0. The number of methoxy groups -OCH3 is 1. The van der Waals surface area contributed by atoms with Crippen LogP contribution in [0.2, 0.25) is 10.2 Å². The highest BCUT2D eigenvalue weighted by atomic mass is 35.5. The molecule has 3 heterocycles. The van der Waals surface area contributed by atoms with E-state index in [1.165, 1.54) is 24.2 Å². The third-order valence-electron chi connectivity index (χ3n) is 7.55. The average molecular weight is 667 g/mol. The van der Waals surface area contributed by atoms with Crippen LogP contribution in [0.5, 0.6) is 0 Å². The van der Waals surface area contributed by atoms with E-state index in [1.807, 2.05) is 4.90 Å². The second kappa shape index (κ2) is 14.1. The standard InChI is InChI=1S/C31H33Cl2N9O4/c1-31(2)13-4-14-41(17-31)26(44)16-23(29-37-27(28(33)38-29)19-5-9-22(10-6-19)35-30(45)46-3)36-25(43)12-7-20-15-21(32)8-11-24(20)42-18-34-39-40-42/h5-12,15,18,23H,4,13-14,16-17H2,1-3H3,(H,35,45)(H,36,43)(H,37,38)/t23-/m0/s1. The Kier molecular flexibility index (Phi) is 10.0. The van der Waals surface area contributed by atoms with Gasteiger partial charge in [0.2, 0.25) is 11.8 Å². The van der Waals surface area contributed by atoms with Crippen molar-refractivity contribution in [3.05, 3.63) is 76.4 Å². The molecule has 46 heavy (non-hydrogen) atoms. The molecule has 0 unspecified atom stereocenters. The number of hydrogen-bond acceptors (Lipinski definition) is 8. The van der Waals surface area contributed by atoms with Crippen molar-refractivity contribution in [3.63, 3.8) is 0 Å². The van der Waals surface area contributed by atoms with Crippen molar-refractivity contribution in [1.29, 1.82) is 0 Å². The number of aromatic nitrogens is 6. The maximum atomic E-state index is 13.6. The van der Waals surface area contributed by atoms with E-state index >= 15 is 0 Å². The number of rotatable bonds is 9. The number of aromatic amines is 1. The van der Waals surface area contributed by atoms with Gasteiger partial charge in [-0.15, -0.1) is 5.10 Å². The second-order valence-electron chi connectivity index (χ2n) is 11.6. The zero-order valence-corrected chi connectivity index (χ0v) is 27.0. The van der Waals surface area contributed by atoms with Gasteiger partial charge in [-0.3, -0.25) is 14.9 Å². The van der Waals surface area contributed by atoms with E-state index in [1.54, 1.807) is 48.5 Å². The highest BCUT2D eigenvalue weighted by Crippen LogP contribution is 2.32. The molecule has 0 aliphatic carbocycles. The molecule has 0 radical (unpaired) electrons. The van der Waals surface area contributed by atoms with E-state index in [9.17, 15) is 14.4 Å². The van der Waals surface area contributed by atoms with Crippen LogP contribution < -0.4 is 10.6 Å². The number of nitrogens with one attached hydrogen (secondary N) is 3. The van der Waals surface area contributed by atoms with E-state index in [0.717, 1.165) is 12.8 Å². The summed E-state index contributed by atoms with van der Waals surface area (Å²) < 4.78 is 6.09. The van der Waals surface area contributed by atoms with Gasteiger partial charge < -0.3 is 19.9 Å². The fraction of sp³-hybridized carbons (Fsp3) is 0.323. The molecule has 3 N–H and O–H groups in total. The normalized spacial score (nSPS) is 15.0. The molecule has 1 fully saturated rings. The molecule has 15 heteroatoms. The monoisotopic (exact) mass is 665 g/mol. The Morgan fingerprint density at radius 2 is 1.93 bits per heavy atom. The molecule has 2 aromatic carbocycles. The summed E-state index contributed by atoms with van der Waals surface area (Å²) in [6.07, 6.45) is 5.68. The zero-order chi connectivity index (χ0) is 32.8. The maximum Gasteiger partial charge on any atom is 0.411 e. The predicted octanol–water partition coefficient (Wildman–Crippen LogP) is 5.45. The van der Waals surface area contributed by atoms with Crippen molar-refractivity contribution in [2.75, 3.05) is 25.5 Å². The van der Waals surface area contributed by atoms with Gasteiger partial charge in [-0.05, 0) is 65.1 Å². The molecule has 1 aliphatic rings. The van der Waals surface area contributed by atoms with Crippen molar-refractivity contribution in [2.24, 2.45) is 5.41 Å². The lowest BCUT2D eigenvalue weighted by atomic mass is 9.84. The maximum absolute atomic E-state index is 13.6. The number of hydrogen-bond donors (Lipinski definition) is 3. The van der Waals surface area contributed by atoms with E-state index in [4.69, 9.17) is 28.2 Å². The number of carbonyl (C=O) groups is 3. The Morgan fingerprint density at radius 3 is 2.63 bits per heavy atom. The smallest absolute Gasteiger partial charge is 0.411 e. The summed E-state index contributed by atoms with van der Waals surface area (Å²) >= 11 is 12.8. The molecule has 1 aliphatic heterocycles. The topological polar surface area (TPSA) is 160 Å². The van der Waals surface area contributed by atoms with Crippen LogP contribution in [0.3, 0.4) is 0 Å². The molecule has 1 saturated heterocycles. The summed E-state index contributed by atoms with van der Waals surface area (Å²) in [5, 5.41) is 17.5. The third-order valence-corrected chi connectivity index (χ3v) is 8.05. The quantitative estimate of drug-likeness (QED) is 0.199. The summed E-state index contributed by atoms with van der Waals surface area (Å²) in [6.45, 7) is 5.55. The highest BCUT2D eigenvalue weighted by Gasteiger charge is 2.31. The Bertz CT molecular complexity index is 1740. The third kappa shape index (κ3) is 8.09. The van der Waals surface area contributed by atoms with Crippen molar-refractivity contribution in [3.8, 4) is 16.9 Å². The predicted molar refractivity (Wildman–Crippen MR) is 173 cm³/mol. The molecule has 0 spiro atoms. The highest BCUT2D eigenvalue weighted by molar-refractivity contribution is 6.32. The zero-order valence-electron chi connectivity index (χ0n) is 25.5. The number of H-pyrrole nitrogens is 1. The molecule has 240 valence electrons. The van der Waals surface area contributed by atoms with Gasteiger partial charge in [0.15, 0.2) is 0 Å². The Hall–Kier alpha value is -4.75. The van der Waals surface area contributed by atoms with Crippen LogP contribution in [0.25, 0.3) is 23.0 Å². The molecule has 3 amide bonds. The van der Waals surface area contributed by atoms with Crippen molar-refractivity contribution in [1.82, 2.24) is 40.4 Å². The average Bonchev–Trinajstić information content (AvgIpc) is 3.70. The molecule has 5 rings (SSSR count). The second-order valence-corrected chi connectivity index (χ2v) is 12.4. The molecule has 0 saturated carbocycles. The molecule has 1 atom stereocenters. The lowest BCUT2D eigenvalue weighted by molar-refractivity contribution is -0.135. The number of nitrogens with zero attached hydrogens (tertiary/aromatic N) is 6. The van der Waals surface area contributed by atoms with Crippen LogP contribution in [0.4, 0.5) is 10.5 Å². The number of amides is 3. The van der Waals surface area contributed by atoms with Crippen LogP contribution >= 0.6 is 23.2 Å². The first-order valence-electron chi connectivity index (χ1n) is 14.5. The van der Waals surface area contributed by atoms with Crippen LogP contribution in [0.15, 0.2) is 54.9 Å². The number of ether oxygens (including phenoxy) is 1. The Balaban J connectivity index is 1.40. The van der Waals surface area contributed by atoms with E-state index < -0.39 is 18.0 Å². The number of halogens is 2. The van der Waals surface area contributed by atoms with Crippen LogP contribution in [0.1, 0.15) is 50.5 Å². The number of benzene rings is 2. The summed E-state index contributed by atoms with van der Waals surface area (Å²) in [7, 11) is 1.28. The number of carbonyl (C=O) groups excluding carboxylic acids is 3. The number of imidazole rings is 1. The number of tetrazole rings is 1. The number of piperidine rings is 1. The molecule has 13 nitrogen and oxygen atoms in total. The molecule has 0 bridgehead atoms. The largest absolute Gasteiger partial charge is 0.453 e. The molecular weight excluding hydrogens is 633 g/mol. The van der Waals surface area contributed by atoms with E-state index in [2.05, 4.69) is 49.7 Å². The van der Waals surface area contributed by atoms with Gasteiger partial charge in [-0.1, -0.05) is 49.2 Å². The lowest BCUT2D eigenvalue weighted by Crippen LogP contribution is -2.45. The van der Waals surface area contributed by atoms with Gasteiger partial charge in [-0.25, -0.2) is 9.78 Å². The van der Waals surface area contributed by atoms with Crippen LogP contribution in [-0.4, -0.2) is 73.2 Å². The van der Waals surface area contributed by atoms with Gasteiger partial charge in [0, 0.05) is 41.0 Å². The fourth-order valence-electron chi connectivity index (χ4n) is 5.29. The van der Waals surface area contributed by atoms with Crippen molar-refractivity contribution in [2.45, 2.75) is 39.2 Å². The summed E-state index contributed by atoms with van der Waals surface area (Å²) in [6, 6.07) is 11.1. The summed E-state index contributed by atoms with van der Waals surface area (Å²) in [5.74, 6) is -0.253. The van der Waals surface area contributed by atoms with Crippen LogP contribution in [-0.2, 0) is 14.3 Å². The van der Waals surface area contributed by atoms with Crippen molar-refractivity contribution < 1.29 is 19.1 Å². The first kappa shape index (κ1) is 32.6. The summed E-state index contributed by atoms with van der Waals surface area (Å²) in [5.41, 5.74) is 2.83. The minimum absolute atomic E-state index is 0.000279. The van der Waals surface area contributed by atoms with Gasteiger partial charge in [-0.2, -0.15) is 4.68 Å². The molecular formula is C31H33Cl2N9O4. The van der Waals surface area contributed by atoms with Gasteiger partial charge >= 0.3 is 6.09 Å². The van der Waals surface area contributed by atoms with Gasteiger partial charge in [0.25, 0.3) is 0 Å². The van der Waals surface area contributed by atoms with E-state index in [0.29, 0.717) is 52.1 Å². The number of likely N-dealkylation sites (tertiary alicyclic amines) is 1. The van der Waals surface area contributed by atoms with Crippen LogP contribution in [0, 0.1) is 5.41 Å². The minimum Gasteiger partial charge on any atom is -0.453 e. The first-order valence-corrected chi connectivity index (χ1v) is 15.3.